The van der Waals surface area contributed by atoms with E-state index < -0.39 is 17.6 Å². The minimum Gasteiger partial charge on any atom is -0.314 e. The Kier molecular flexibility index (Phi) is 7.77. The molecule has 0 saturated carbocycles. The van der Waals surface area contributed by atoms with E-state index in [9.17, 15) is 17.6 Å². The summed E-state index contributed by atoms with van der Waals surface area (Å²) >= 11 is 0. The summed E-state index contributed by atoms with van der Waals surface area (Å²) in [6, 6.07) is 2.76. The van der Waals surface area contributed by atoms with Crippen molar-refractivity contribution in [3.05, 3.63) is 35.1 Å². The van der Waals surface area contributed by atoms with Gasteiger partial charge in [-0.3, -0.25) is 4.90 Å². The first-order chi connectivity index (χ1) is 10.4. The van der Waals surface area contributed by atoms with Crippen molar-refractivity contribution in [3.63, 3.8) is 0 Å². The molecule has 0 unspecified atom stereocenters. The number of hydrogen-bond acceptors (Lipinski definition) is 2. The molecule has 2 rings (SSSR count). The predicted molar refractivity (Wildman–Crippen MR) is 85.4 cm³/mol. The zero-order valence-corrected chi connectivity index (χ0v) is 13.9. The molecule has 1 aliphatic heterocycles. The average Bonchev–Trinajstić information content (AvgIpc) is 2.47. The van der Waals surface area contributed by atoms with Gasteiger partial charge in [0, 0.05) is 32.2 Å². The summed E-state index contributed by atoms with van der Waals surface area (Å²) in [5.41, 5.74) is -0.471. The maximum Gasteiger partial charge on any atom is 0.416 e. The van der Waals surface area contributed by atoms with Gasteiger partial charge < -0.3 is 5.32 Å². The molecular formula is C16H23ClF4N2. The van der Waals surface area contributed by atoms with Gasteiger partial charge in [-0.1, -0.05) is 19.8 Å². The van der Waals surface area contributed by atoms with Crippen LogP contribution in [-0.4, -0.2) is 31.1 Å². The molecule has 0 spiro atoms. The Labute approximate surface area is 140 Å². The van der Waals surface area contributed by atoms with Gasteiger partial charge in [-0.15, -0.1) is 12.4 Å². The molecular weight excluding hydrogens is 332 g/mol. The standard InChI is InChI=1S/C16H22F4N2.ClH/c1-2-3-4-15(22-7-5-21-6-8-22)12-9-13(16(18,19)20)11-14(17)10-12;/h9-11,15,21H,2-8H2,1H3;1H/t15-;/m1./s1. The fourth-order valence-electron chi connectivity index (χ4n) is 2.92. The SMILES string of the molecule is CCCC[C@H](c1cc(F)cc(C(F)(F)F)c1)N1CCNCC1.Cl. The molecule has 0 aliphatic carbocycles. The van der Waals surface area contributed by atoms with Gasteiger partial charge in [-0.25, -0.2) is 4.39 Å². The number of benzene rings is 1. The van der Waals surface area contributed by atoms with E-state index in [4.69, 9.17) is 0 Å². The zero-order chi connectivity index (χ0) is 16.2. The fourth-order valence-corrected chi connectivity index (χ4v) is 2.92. The van der Waals surface area contributed by atoms with E-state index in [1.165, 1.54) is 6.07 Å². The lowest BCUT2D eigenvalue weighted by molar-refractivity contribution is -0.137. The van der Waals surface area contributed by atoms with Gasteiger partial charge in [0.25, 0.3) is 0 Å². The smallest absolute Gasteiger partial charge is 0.314 e. The van der Waals surface area contributed by atoms with Crippen molar-refractivity contribution >= 4 is 12.4 Å². The van der Waals surface area contributed by atoms with Gasteiger partial charge in [-0.05, 0) is 30.2 Å². The Morgan fingerprint density at radius 1 is 1.17 bits per heavy atom. The minimum atomic E-state index is -4.52. The van der Waals surface area contributed by atoms with E-state index in [0.29, 0.717) is 11.6 Å². The first-order valence-corrected chi connectivity index (χ1v) is 7.74. The molecule has 1 aromatic carbocycles. The lowest BCUT2D eigenvalue weighted by Gasteiger charge is -2.35. The molecule has 1 atom stereocenters. The molecule has 1 fully saturated rings. The van der Waals surface area contributed by atoms with Gasteiger partial charge in [0.2, 0.25) is 0 Å². The molecule has 0 aromatic heterocycles. The molecule has 1 aromatic rings. The lowest BCUT2D eigenvalue weighted by atomic mass is 9.96. The van der Waals surface area contributed by atoms with Crippen molar-refractivity contribution < 1.29 is 17.6 Å². The van der Waals surface area contributed by atoms with E-state index in [-0.39, 0.29) is 18.4 Å². The van der Waals surface area contributed by atoms with Crippen LogP contribution in [0.3, 0.4) is 0 Å². The molecule has 1 saturated heterocycles. The van der Waals surface area contributed by atoms with Crippen LogP contribution in [0, 0.1) is 5.82 Å². The van der Waals surface area contributed by atoms with E-state index in [0.717, 1.165) is 51.5 Å². The van der Waals surface area contributed by atoms with Crippen LogP contribution < -0.4 is 5.32 Å². The van der Waals surface area contributed by atoms with Gasteiger partial charge in [-0.2, -0.15) is 13.2 Å². The Bertz CT molecular complexity index is 487. The number of nitrogens with one attached hydrogen (secondary N) is 1. The summed E-state index contributed by atoms with van der Waals surface area (Å²) in [6.45, 7) is 5.20. The van der Waals surface area contributed by atoms with Crippen molar-refractivity contribution in [3.8, 4) is 0 Å². The number of alkyl halides is 3. The van der Waals surface area contributed by atoms with Crippen LogP contribution in [-0.2, 0) is 6.18 Å². The van der Waals surface area contributed by atoms with E-state index in [2.05, 4.69) is 10.2 Å². The third-order valence-corrected chi connectivity index (χ3v) is 4.06. The minimum absolute atomic E-state index is 0. The summed E-state index contributed by atoms with van der Waals surface area (Å²) in [7, 11) is 0. The van der Waals surface area contributed by atoms with Crippen LogP contribution in [0.4, 0.5) is 17.6 Å². The highest BCUT2D eigenvalue weighted by molar-refractivity contribution is 5.85. The van der Waals surface area contributed by atoms with E-state index >= 15 is 0 Å². The highest BCUT2D eigenvalue weighted by atomic mass is 35.5. The summed E-state index contributed by atoms with van der Waals surface area (Å²) in [6.07, 6.45) is -1.90. The van der Waals surface area contributed by atoms with Crippen LogP contribution in [0.2, 0.25) is 0 Å². The summed E-state index contributed by atoms with van der Waals surface area (Å²) in [5, 5.41) is 3.23. The highest BCUT2D eigenvalue weighted by Crippen LogP contribution is 2.34. The number of unbranched alkanes of at least 4 members (excludes halogenated alkanes) is 1. The number of piperazine rings is 1. The van der Waals surface area contributed by atoms with Gasteiger partial charge in [0.15, 0.2) is 0 Å². The summed E-state index contributed by atoms with van der Waals surface area (Å²) in [4.78, 5) is 2.15. The second-order valence-corrected chi connectivity index (χ2v) is 5.71. The van der Waals surface area contributed by atoms with Gasteiger partial charge >= 0.3 is 6.18 Å². The molecule has 0 amide bonds. The van der Waals surface area contributed by atoms with Crippen molar-refractivity contribution in [1.82, 2.24) is 10.2 Å². The molecule has 0 bridgehead atoms. The molecule has 132 valence electrons. The van der Waals surface area contributed by atoms with Crippen molar-refractivity contribution in [1.29, 1.82) is 0 Å². The highest BCUT2D eigenvalue weighted by Gasteiger charge is 2.32. The van der Waals surface area contributed by atoms with Gasteiger partial charge in [0.1, 0.15) is 5.82 Å². The predicted octanol–water partition coefficient (Wildman–Crippen LogP) is 4.40. The van der Waals surface area contributed by atoms with Crippen molar-refractivity contribution in [2.75, 3.05) is 26.2 Å². The first kappa shape index (κ1) is 20.2. The third kappa shape index (κ3) is 5.62. The molecule has 1 aliphatic rings. The molecule has 1 N–H and O–H groups in total. The lowest BCUT2D eigenvalue weighted by Crippen LogP contribution is -2.45. The van der Waals surface area contributed by atoms with Crippen LogP contribution >= 0.6 is 12.4 Å². The van der Waals surface area contributed by atoms with Crippen LogP contribution in [0.1, 0.15) is 43.4 Å². The van der Waals surface area contributed by atoms with E-state index in [1.54, 1.807) is 0 Å². The maximum absolute atomic E-state index is 13.7. The first-order valence-electron chi connectivity index (χ1n) is 7.74. The largest absolute Gasteiger partial charge is 0.416 e. The number of nitrogens with zero attached hydrogens (tertiary/aromatic N) is 1. The Hall–Kier alpha value is -0.850. The van der Waals surface area contributed by atoms with Crippen LogP contribution in [0.25, 0.3) is 0 Å². The topological polar surface area (TPSA) is 15.3 Å². The molecule has 23 heavy (non-hydrogen) atoms. The number of rotatable bonds is 5. The molecule has 1 heterocycles. The zero-order valence-electron chi connectivity index (χ0n) is 13.1. The Morgan fingerprint density at radius 2 is 1.83 bits per heavy atom. The average molecular weight is 355 g/mol. The second-order valence-electron chi connectivity index (χ2n) is 5.71. The Morgan fingerprint density at radius 3 is 2.39 bits per heavy atom. The second kappa shape index (κ2) is 8.85. The van der Waals surface area contributed by atoms with E-state index in [1.807, 2.05) is 6.92 Å². The maximum atomic E-state index is 13.7. The van der Waals surface area contributed by atoms with Crippen molar-refractivity contribution in [2.45, 2.75) is 38.4 Å². The number of hydrogen-bond donors (Lipinski definition) is 1. The molecule has 7 heteroatoms. The van der Waals surface area contributed by atoms with Crippen LogP contribution in [0.5, 0.6) is 0 Å². The summed E-state index contributed by atoms with van der Waals surface area (Å²) in [5.74, 6) is -0.818. The number of halogens is 5. The molecule has 2 nitrogen and oxygen atoms in total. The van der Waals surface area contributed by atoms with Crippen LogP contribution in [0.15, 0.2) is 18.2 Å². The monoisotopic (exact) mass is 354 g/mol. The third-order valence-electron chi connectivity index (χ3n) is 4.06. The normalized spacial score (nSPS) is 17.6. The Balaban J connectivity index is 0.00000264. The molecule has 0 radical (unpaired) electrons. The van der Waals surface area contributed by atoms with Crippen molar-refractivity contribution in [2.24, 2.45) is 0 Å². The van der Waals surface area contributed by atoms with Gasteiger partial charge in [0.05, 0.1) is 5.56 Å². The fraction of sp³-hybridized carbons (Fsp3) is 0.625. The quantitative estimate of drug-likeness (QED) is 0.788. The summed E-state index contributed by atoms with van der Waals surface area (Å²) < 4.78 is 52.4.